The van der Waals surface area contributed by atoms with Crippen molar-refractivity contribution in [1.29, 1.82) is 0 Å². The van der Waals surface area contributed by atoms with Gasteiger partial charge in [0.25, 0.3) is 0 Å². The molecule has 0 aromatic carbocycles. The number of carbonyl (C=O) groups excluding carboxylic acids is 8. The summed E-state index contributed by atoms with van der Waals surface area (Å²) in [5.74, 6) is -8.99. The highest BCUT2D eigenvalue weighted by molar-refractivity contribution is 5.94. The van der Waals surface area contributed by atoms with Crippen molar-refractivity contribution in [2.45, 2.75) is 166 Å². The van der Waals surface area contributed by atoms with E-state index in [0.29, 0.717) is 19.3 Å². The summed E-state index contributed by atoms with van der Waals surface area (Å²) in [5, 5.41) is 64.4. The van der Waals surface area contributed by atoms with Crippen LogP contribution >= 0.6 is 0 Å². The van der Waals surface area contributed by atoms with Crippen molar-refractivity contribution in [3.63, 3.8) is 0 Å². The van der Waals surface area contributed by atoms with Gasteiger partial charge in [-0.3, -0.25) is 43.2 Å². The highest BCUT2D eigenvalue weighted by Gasteiger charge is 2.25. The van der Waals surface area contributed by atoms with Crippen molar-refractivity contribution >= 4 is 59.2 Å². The molecule has 24 heteroatoms. The van der Waals surface area contributed by atoms with Crippen LogP contribution in [0, 0.1) is 0 Å². The standard InChI is InChI=1S/C43H77N9O15/c1-2-3-4-5-6-7-8-9-10-11-12-13-14-15-16-20-35(56)49-30(42(63)64)21-22-34(55)45-26-38(59)50-33(29-54)41(62)48-27-39(60)51-32(28-53)40(61)47-25-37(58)46-24-36(57)44-23-18-17-19-31(52-67)43(65)66/h30-33,52-54,67H,2-29H2,1H3,(H,44,57)(H,45,55)(H,46,58)(H,47,61)(H,48,62)(H,49,56)(H,50,59)(H,51,60)(H,63,64)(H,65,66). The molecule has 4 unspecified atom stereocenters. The van der Waals surface area contributed by atoms with Crippen molar-refractivity contribution < 1.29 is 73.6 Å². The Balaban J connectivity index is 4.37. The first kappa shape index (κ1) is 61.5. The molecule has 0 aromatic heterocycles. The summed E-state index contributed by atoms with van der Waals surface area (Å²) in [5.41, 5.74) is 1.66. The molecule has 0 saturated heterocycles. The van der Waals surface area contributed by atoms with Gasteiger partial charge < -0.3 is 68.2 Å². The normalized spacial score (nSPS) is 12.6. The first-order valence-electron chi connectivity index (χ1n) is 23.4. The maximum Gasteiger partial charge on any atom is 0.326 e. The molecule has 8 amide bonds. The predicted molar refractivity (Wildman–Crippen MR) is 242 cm³/mol. The molecule has 0 fully saturated rings. The van der Waals surface area contributed by atoms with Crippen LogP contribution in [0.5, 0.6) is 0 Å². The van der Waals surface area contributed by atoms with Crippen LogP contribution in [0.4, 0.5) is 0 Å². The molecule has 0 aliphatic heterocycles. The van der Waals surface area contributed by atoms with Crippen molar-refractivity contribution in [3.8, 4) is 0 Å². The largest absolute Gasteiger partial charge is 0.480 e. The van der Waals surface area contributed by atoms with E-state index in [1.54, 1.807) is 5.48 Å². The Kier molecular flexibility index (Phi) is 36.4. The number of nitrogens with one attached hydrogen (secondary N) is 9. The minimum Gasteiger partial charge on any atom is -0.480 e. The van der Waals surface area contributed by atoms with E-state index in [-0.39, 0.29) is 32.2 Å². The Hall–Kier alpha value is -5.46. The van der Waals surface area contributed by atoms with Gasteiger partial charge in [0.2, 0.25) is 47.3 Å². The molecule has 0 heterocycles. The zero-order valence-electron chi connectivity index (χ0n) is 38.9. The lowest BCUT2D eigenvalue weighted by molar-refractivity contribution is -0.143. The summed E-state index contributed by atoms with van der Waals surface area (Å²) in [6.45, 7) is -1.97. The van der Waals surface area contributed by atoms with Crippen molar-refractivity contribution in [3.05, 3.63) is 0 Å². The molecule has 0 aromatic rings. The van der Waals surface area contributed by atoms with Crippen LogP contribution in [-0.4, -0.2) is 155 Å². The van der Waals surface area contributed by atoms with Crippen molar-refractivity contribution in [2.75, 3.05) is 45.9 Å². The molecule has 0 radical (unpaired) electrons. The van der Waals surface area contributed by atoms with Gasteiger partial charge in [-0.15, -0.1) is 0 Å². The zero-order valence-corrected chi connectivity index (χ0v) is 38.9. The second-order valence-corrected chi connectivity index (χ2v) is 16.2. The number of hydrogen-bond donors (Lipinski definition) is 14. The van der Waals surface area contributed by atoms with E-state index in [1.807, 2.05) is 0 Å². The van der Waals surface area contributed by atoms with Gasteiger partial charge in [0.15, 0.2) is 0 Å². The Morgan fingerprint density at radius 2 is 0.791 bits per heavy atom. The maximum absolute atomic E-state index is 12.5. The molecule has 24 nitrogen and oxygen atoms in total. The van der Waals surface area contributed by atoms with Crippen LogP contribution in [-0.2, 0) is 47.9 Å². The molecule has 0 spiro atoms. The third-order valence-corrected chi connectivity index (χ3v) is 10.4. The summed E-state index contributed by atoms with van der Waals surface area (Å²) >= 11 is 0. The van der Waals surface area contributed by atoms with Gasteiger partial charge in [-0.25, -0.2) is 4.79 Å². The average Bonchev–Trinajstić information content (AvgIpc) is 3.30. The van der Waals surface area contributed by atoms with Crippen molar-refractivity contribution in [1.82, 2.24) is 48.0 Å². The molecule has 4 atom stereocenters. The number of carboxylic acids is 2. The van der Waals surface area contributed by atoms with Gasteiger partial charge in [-0.05, 0) is 32.1 Å². The van der Waals surface area contributed by atoms with Gasteiger partial charge in [-0.2, -0.15) is 5.48 Å². The number of unbranched alkanes of at least 4 members (excludes halogenated alkanes) is 15. The quantitative estimate of drug-likeness (QED) is 0.0251. The van der Waals surface area contributed by atoms with E-state index in [0.717, 1.165) is 25.7 Å². The van der Waals surface area contributed by atoms with E-state index in [1.165, 1.54) is 64.2 Å². The number of hydroxylamine groups is 1. The van der Waals surface area contributed by atoms with Crippen LogP contribution in [0.1, 0.15) is 142 Å². The predicted octanol–water partition coefficient (Wildman–Crippen LogP) is -1.27. The monoisotopic (exact) mass is 960 g/mol. The molecule has 0 rings (SSSR count). The summed E-state index contributed by atoms with van der Waals surface area (Å²) in [6.07, 6.45) is 18.1. The highest BCUT2D eigenvalue weighted by Crippen LogP contribution is 2.14. The van der Waals surface area contributed by atoms with E-state index in [4.69, 9.17) is 10.3 Å². The number of amides is 8. The van der Waals surface area contributed by atoms with Crippen LogP contribution in [0.3, 0.4) is 0 Å². The number of aliphatic carboxylic acids is 2. The van der Waals surface area contributed by atoms with Gasteiger partial charge >= 0.3 is 11.9 Å². The molecule has 14 N–H and O–H groups in total. The van der Waals surface area contributed by atoms with Crippen LogP contribution in [0.2, 0.25) is 0 Å². The highest BCUT2D eigenvalue weighted by atomic mass is 16.5. The number of aliphatic hydroxyl groups excluding tert-OH is 2. The fourth-order valence-electron chi connectivity index (χ4n) is 6.43. The van der Waals surface area contributed by atoms with Gasteiger partial charge in [0.1, 0.15) is 24.2 Å². The number of rotatable bonds is 42. The Labute approximate surface area is 392 Å². The van der Waals surface area contributed by atoms with E-state index >= 15 is 0 Å². The summed E-state index contributed by atoms with van der Waals surface area (Å²) in [6, 6.07) is -5.61. The molecular formula is C43H77N9O15. The molecule has 0 bridgehead atoms. The van der Waals surface area contributed by atoms with Gasteiger partial charge in [0.05, 0.1) is 39.4 Å². The maximum atomic E-state index is 12.5. The third-order valence-electron chi connectivity index (χ3n) is 10.4. The smallest absolute Gasteiger partial charge is 0.326 e. The van der Waals surface area contributed by atoms with Gasteiger partial charge in [0, 0.05) is 19.4 Å². The first-order valence-corrected chi connectivity index (χ1v) is 23.4. The lowest BCUT2D eigenvalue weighted by atomic mass is 10.0. The lowest BCUT2D eigenvalue weighted by Gasteiger charge is -2.18. The van der Waals surface area contributed by atoms with E-state index < -0.39 is 123 Å². The summed E-state index contributed by atoms with van der Waals surface area (Å²) in [4.78, 5) is 121. The van der Waals surface area contributed by atoms with Crippen LogP contribution < -0.4 is 48.0 Å². The van der Waals surface area contributed by atoms with E-state index in [9.17, 15) is 63.3 Å². The average molecular weight is 960 g/mol. The molecule has 0 aliphatic rings. The Bertz CT molecular complexity index is 1520. The minimum absolute atomic E-state index is 0.114. The molecular weight excluding hydrogens is 883 g/mol. The zero-order chi connectivity index (χ0) is 50.2. The summed E-state index contributed by atoms with van der Waals surface area (Å²) in [7, 11) is 0. The minimum atomic E-state index is -1.58. The fourth-order valence-corrected chi connectivity index (χ4v) is 6.43. The second kappa shape index (κ2) is 39.7. The first-order chi connectivity index (χ1) is 32.1. The number of hydrogen-bond acceptors (Lipinski definition) is 14. The third kappa shape index (κ3) is 33.6. The second-order valence-electron chi connectivity index (χ2n) is 16.2. The number of aliphatic hydroxyl groups is 2. The molecule has 0 saturated carbocycles. The molecule has 384 valence electrons. The van der Waals surface area contributed by atoms with E-state index in [2.05, 4.69) is 49.5 Å². The van der Waals surface area contributed by atoms with Crippen molar-refractivity contribution in [2.24, 2.45) is 0 Å². The molecule has 0 aliphatic carbocycles. The van der Waals surface area contributed by atoms with Crippen LogP contribution in [0.15, 0.2) is 0 Å². The Morgan fingerprint density at radius 3 is 1.25 bits per heavy atom. The van der Waals surface area contributed by atoms with Crippen LogP contribution in [0.25, 0.3) is 0 Å². The number of carbonyl (C=O) groups is 10. The van der Waals surface area contributed by atoms with Gasteiger partial charge in [-0.1, -0.05) is 96.8 Å². The SMILES string of the molecule is CCCCCCCCCCCCCCCCCC(=O)NC(CCC(=O)NCC(=O)NC(CO)C(=O)NCC(=O)NC(CO)C(=O)NCC(=O)NCC(=O)NCCCCC(NO)C(=O)O)C(=O)O. The number of carboxylic acid groups (broad SMARTS) is 2. The lowest BCUT2D eigenvalue weighted by Crippen LogP contribution is -2.55. The summed E-state index contributed by atoms with van der Waals surface area (Å²) < 4.78 is 0. The molecule has 67 heavy (non-hydrogen) atoms. The topological polar surface area (TPSA) is 380 Å². The fraction of sp³-hybridized carbons (Fsp3) is 0.767. The Morgan fingerprint density at radius 1 is 0.388 bits per heavy atom.